The molecule has 0 aromatic heterocycles. The van der Waals surface area contributed by atoms with Gasteiger partial charge in [-0.1, -0.05) is 25.6 Å². The van der Waals surface area contributed by atoms with Crippen LogP contribution in [-0.2, 0) is 14.3 Å². The fourth-order valence-electron chi connectivity index (χ4n) is 0.611. The zero-order chi connectivity index (χ0) is 10.3. The first kappa shape index (κ1) is 12.5. The molecule has 0 heterocycles. The second-order valence-electron chi connectivity index (χ2n) is 3.18. The number of hydrogen-bond acceptors (Lipinski definition) is 4. The molecule has 0 N–H and O–H groups in total. The minimum Gasteiger partial charge on any atom is -0.465 e. The van der Waals surface area contributed by atoms with E-state index >= 15 is 0 Å². The van der Waals surface area contributed by atoms with Crippen LogP contribution in [0.15, 0.2) is 0 Å². The van der Waals surface area contributed by atoms with Crippen molar-refractivity contribution < 1.29 is 14.3 Å². The molecule has 0 aromatic carbocycles. The molecule has 0 radical (unpaired) electrons. The van der Waals surface area contributed by atoms with Crippen LogP contribution in [0.5, 0.6) is 0 Å². The SMILES string of the molecule is CC(=O)SCC(=O)OCCC(C)C. The van der Waals surface area contributed by atoms with E-state index in [0.29, 0.717) is 12.5 Å². The van der Waals surface area contributed by atoms with Gasteiger partial charge in [0.1, 0.15) is 0 Å². The summed E-state index contributed by atoms with van der Waals surface area (Å²) in [4.78, 5) is 21.4. The van der Waals surface area contributed by atoms with Crippen molar-refractivity contribution in [2.75, 3.05) is 12.4 Å². The number of esters is 1. The molecule has 0 bridgehead atoms. The van der Waals surface area contributed by atoms with Crippen molar-refractivity contribution in [1.29, 1.82) is 0 Å². The van der Waals surface area contributed by atoms with Gasteiger partial charge in [-0.15, -0.1) is 0 Å². The van der Waals surface area contributed by atoms with Gasteiger partial charge < -0.3 is 4.74 Å². The number of carbonyl (C=O) groups is 2. The normalized spacial score (nSPS) is 10.2. The monoisotopic (exact) mass is 204 g/mol. The number of ether oxygens (including phenoxy) is 1. The Hall–Kier alpha value is -0.510. The Morgan fingerprint density at radius 2 is 2.00 bits per heavy atom. The average Bonchev–Trinajstić information content (AvgIpc) is 2.00. The highest BCUT2D eigenvalue weighted by Gasteiger charge is 2.05. The molecule has 0 aromatic rings. The van der Waals surface area contributed by atoms with Crippen LogP contribution in [0.3, 0.4) is 0 Å². The highest BCUT2D eigenvalue weighted by Crippen LogP contribution is 2.03. The van der Waals surface area contributed by atoms with Crippen molar-refractivity contribution in [2.45, 2.75) is 27.2 Å². The van der Waals surface area contributed by atoms with E-state index in [4.69, 9.17) is 4.74 Å². The molecule has 0 saturated carbocycles. The average molecular weight is 204 g/mol. The zero-order valence-corrected chi connectivity index (χ0v) is 9.15. The Labute approximate surface area is 83.2 Å². The number of hydrogen-bond donors (Lipinski definition) is 0. The Bertz CT molecular complexity index is 178. The number of rotatable bonds is 5. The smallest absolute Gasteiger partial charge is 0.316 e. The highest BCUT2D eigenvalue weighted by atomic mass is 32.2. The maximum atomic E-state index is 10.9. The molecule has 0 saturated heterocycles. The Balaban J connectivity index is 3.36. The van der Waals surface area contributed by atoms with Crippen LogP contribution >= 0.6 is 11.8 Å². The quantitative estimate of drug-likeness (QED) is 0.641. The molecule has 76 valence electrons. The minimum absolute atomic E-state index is 0.0548. The summed E-state index contributed by atoms with van der Waals surface area (Å²) < 4.78 is 4.89. The molecule has 0 atom stereocenters. The van der Waals surface area contributed by atoms with Crippen LogP contribution in [0, 0.1) is 5.92 Å². The summed E-state index contributed by atoms with van der Waals surface area (Å²) in [6.07, 6.45) is 0.872. The van der Waals surface area contributed by atoms with Crippen molar-refractivity contribution in [3.8, 4) is 0 Å². The van der Waals surface area contributed by atoms with Crippen molar-refractivity contribution >= 4 is 22.8 Å². The van der Waals surface area contributed by atoms with Crippen molar-refractivity contribution in [2.24, 2.45) is 5.92 Å². The summed E-state index contributed by atoms with van der Waals surface area (Å²) >= 11 is 0.985. The van der Waals surface area contributed by atoms with Gasteiger partial charge in [0, 0.05) is 6.92 Å². The van der Waals surface area contributed by atoms with Crippen LogP contribution in [-0.4, -0.2) is 23.4 Å². The first-order valence-electron chi connectivity index (χ1n) is 4.31. The highest BCUT2D eigenvalue weighted by molar-refractivity contribution is 8.14. The van der Waals surface area contributed by atoms with Crippen LogP contribution in [0.2, 0.25) is 0 Å². The molecule has 0 spiro atoms. The molecule has 0 fully saturated rings. The lowest BCUT2D eigenvalue weighted by molar-refractivity contribution is -0.140. The largest absolute Gasteiger partial charge is 0.465 e. The number of thioether (sulfide) groups is 1. The lowest BCUT2D eigenvalue weighted by atomic mass is 10.1. The molecular weight excluding hydrogens is 188 g/mol. The summed E-state index contributed by atoms with van der Waals surface area (Å²) in [5.74, 6) is 0.363. The minimum atomic E-state index is -0.305. The second kappa shape index (κ2) is 6.95. The topological polar surface area (TPSA) is 43.4 Å². The van der Waals surface area contributed by atoms with Crippen molar-refractivity contribution in [1.82, 2.24) is 0 Å². The van der Waals surface area contributed by atoms with E-state index < -0.39 is 0 Å². The summed E-state index contributed by atoms with van der Waals surface area (Å²) in [7, 11) is 0. The molecule has 13 heavy (non-hydrogen) atoms. The van der Waals surface area contributed by atoms with E-state index in [1.165, 1.54) is 6.92 Å². The third-order valence-corrected chi connectivity index (χ3v) is 2.14. The van der Waals surface area contributed by atoms with E-state index in [1.807, 2.05) is 0 Å². The van der Waals surface area contributed by atoms with Gasteiger partial charge in [0.15, 0.2) is 5.12 Å². The molecular formula is C9H16O3S. The molecule has 0 amide bonds. The lowest BCUT2D eigenvalue weighted by Crippen LogP contribution is -2.10. The Morgan fingerprint density at radius 3 is 2.46 bits per heavy atom. The first-order valence-corrected chi connectivity index (χ1v) is 5.30. The van der Waals surface area contributed by atoms with Crippen LogP contribution < -0.4 is 0 Å². The molecule has 3 nitrogen and oxygen atoms in total. The Morgan fingerprint density at radius 1 is 1.38 bits per heavy atom. The molecule has 4 heteroatoms. The maximum absolute atomic E-state index is 10.9. The van der Waals surface area contributed by atoms with E-state index in [0.717, 1.165) is 18.2 Å². The fourth-order valence-corrected chi connectivity index (χ4v) is 1.02. The van der Waals surface area contributed by atoms with Crippen LogP contribution in [0.1, 0.15) is 27.2 Å². The van der Waals surface area contributed by atoms with Crippen LogP contribution in [0.25, 0.3) is 0 Å². The van der Waals surface area contributed by atoms with E-state index in [2.05, 4.69) is 13.8 Å². The molecule has 0 unspecified atom stereocenters. The first-order chi connectivity index (χ1) is 6.02. The zero-order valence-electron chi connectivity index (χ0n) is 8.33. The molecule has 0 aliphatic rings. The molecule has 0 aliphatic heterocycles. The third-order valence-electron chi connectivity index (χ3n) is 1.35. The van der Waals surface area contributed by atoms with Crippen LogP contribution in [0.4, 0.5) is 0 Å². The van der Waals surface area contributed by atoms with Gasteiger partial charge in [-0.2, -0.15) is 0 Å². The second-order valence-corrected chi connectivity index (χ2v) is 4.34. The standard InChI is InChI=1S/C9H16O3S/c1-7(2)4-5-12-9(11)6-13-8(3)10/h7H,4-6H2,1-3H3. The molecule has 0 aliphatic carbocycles. The van der Waals surface area contributed by atoms with Gasteiger partial charge >= 0.3 is 5.97 Å². The summed E-state index contributed by atoms with van der Waals surface area (Å²) in [6.45, 7) is 6.03. The molecule has 0 rings (SSSR count). The van der Waals surface area contributed by atoms with Gasteiger partial charge in [0.2, 0.25) is 0 Å². The van der Waals surface area contributed by atoms with Crippen molar-refractivity contribution in [3.63, 3.8) is 0 Å². The summed E-state index contributed by atoms with van der Waals surface area (Å²) in [5, 5.41) is -0.0548. The van der Waals surface area contributed by atoms with Gasteiger partial charge in [0.25, 0.3) is 0 Å². The maximum Gasteiger partial charge on any atom is 0.316 e. The van der Waals surface area contributed by atoms with Gasteiger partial charge in [-0.25, -0.2) is 0 Å². The third kappa shape index (κ3) is 9.40. The van der Waals surface area contributed by atoms with Gasteiger partial charge in [-0.05, 0) is 12.3 Å². The lowest BCUT2D eigenvalue weighted by Gasteiger charge is -2.05. The predicted octanol–water partition coefficient (Wildman–Crippen LogP) is 1.86. The number of carbonyl (C=O) groups excluding carboxylic acids is 2. The Kier molecular flexibility index (Phi) is 6.68. The van der Waals surface area contributed by atoms with Crippen molar-refractivity contribution in [3.05, 3.63) is 0 Å². The van der Waals surface area contributed by atoms with E-state index in [-0.39, 0.29) is 16.8 Å². The predicted molar refractivity (Wildman–Crippen MR) is 53.6 cm³/mol. The summed E-state index contributed by atoms with van der Waals surface area (Å²) in [5.41, 5.74) is 0. The fraction of sp³-hybridized carbons (Fsp3) is 0.778. The van der Waals surface area contributed by atoms with Gasteiger partial charge in [-0.3, -0.25) is 9.59 Å². The van der Waals surface area contributed by atoms with E-state index in [1.54, 1.807) is 0 Å². The van der Waals surface area contributed by atoms with E-state index in [9.17, 15) is 9.59 Å². The summed E-state index contributed by atoms with van der Waals surface area (Å²) in [6, 6.07) is 0. The van der Waals surface area contributed by atoms with Gasteiger partial charge in [0.05, 0.1) is 12.4 Å².